The summed E-state index contributed by atoms with van der Waals surface area (Å²) >= 11 is 0. The minimum Gasteiger partial charge on any atom is -0.444 e. The topological polar surface area (TPSA) is 63.5 Å². The van der Waals surface area contributed by atoms with Crippen LogP contribution in [-0.2, 0) is 11.8 Å². The van der Waals surface area contributed by atoms with E-state index in [1.54, 1.807) is 11.2 Å². The monoisotopic (exact) mass is 267 g/mol. The summed E-state index contributed by atoms with van der Waals surface area (Å²) < 4.78 is 7.24. The highest BCUT2D eigenvalue weighted by Crippen LogP contribution is 2.15. The molecule has 1 aliphatic rings. The Morgan fingerprint density at radius 1 is 1.26 bits per heavy atom. The van der Waals surface area contributed by atoms with Gasteiger partial charge in [0.1, 0.15) is 11.9 Å². The zero-order valence-corrected chi connectivity index (χ0v) is 12.0. The highest BCUT2D eigenvalue weighted by Gasteiger charge is 2.27. The van der Waals surface area contributed by atoms with Crippen molar-refractivity contribution in [2.75, 3.05) is 31.1 Å². The van der Waals surface area contributed by atoms with Crippen molar-refractivity contribution in [2.24, 2.45) is 7.05 Å². The molecule has 0 spiro atoms. The average Bonchev–Trinajstić information content (AvgIpc) is 2.73. The Kier molecular flexibility index (Phi) is 3.64. The van der Waals surface area contributed by atoms with Gasteiger partial charge in [-0.2, -0.15) is 0 Å². The standard InChI is InChI=1S/C12H21N5O2/c1-12(2,3)19-11(18)17-7-5-16(6-8-17)10-14-13-9-15(10)4/h9H,5-8H2,1-4H3. The molecule has 19 heavy (non-hydrogen) atoms. The van der Waals surface area contributed by atoms with E-state index in [4.69, 9.17) is 4.74 Å². The lowest BCUT2D eigenvalue weighted by molar-refractivity contribution is 0.0240. The van der Waals surface area contributed by atoms with Crippen LogP contribution in [-0.4, -0.2) is 57.5 Å². The fourth-order valence-electron chi connectivity index (χ4n) is 1.98. The van der Waals surface area contributed by atoms with Gasteiger partial charge in [-0.1, -0.05) is 0 Å². The van der Waals surface area contributed by atoms with Crippen molar-refractivity contribution >= 4 is 12.0 Å². The predicted molar refractivity (Wildman–Crippen MR) is 71.0 cm³/mol. The van der Waals surface area contributed by atoms with Gasteiger partial charge in [0.05, 0.1) is 0 Å². The minimum atomic E-state index is -0.447. The Labute approximate surface area is 113 Å². The Bertz CT molecular complexity index is 443. The summed E-state index contributed by atoms with van der Waals surface area (Å²) in [5.74, 6) is 0.837. The van der Waals surface area contributed by atoms with Crippen molar-refractivity contribution in [1.82, 2.24) is 19.7 Å². The zero-order valence-electron chi connectivity index (χ0n) is 12.0. The van der Waals surface area contributed by atoms with E-state index in [2.05, 4.69) is 15.1 Å². The number of amides is 1. The molecule has 0 aromatic carbocycles. The van der Waals surface area contributed by atoms with Crippen molar-refractivity contribution in [2.45, 2.75) is 26.4 Å². The molecule has 0 N–H and O–H groups in total. The van der Waals surface area contributed by atoms with Gasteiger partial charge in [-0.05, 0) is 20.8 Å². The summed E-state index contributed by atoms with van der Waals surface area (Å²) in [6.07, 6.45) is 1.43. The van der Waals surface area contributed by atoms with E-state index in [9.17, 15) is 4.79 Å². The number of ether oxygens (including phenoxy) is 1. The van der Waals surface area contributed by atoms with Crippen molar-refractivity contribution < 1.29 is 9.53 Å². The number of carbonyl (C=O) groups excluding carboxylic acids is 1. The number of piperazine rings is 1. The van der Waals surface area contributed by atoms with Gasteiger partial charge in [-0.25, -0.2) is 4.79 Å². The van der Waals surface area contributed by atoms with Gasteiger partial charge in [0.2, 0.25) is 5.95 Å². The minimum absolute atomic E-state index is 0.245. The van der Waals surface area contributed by atoms with Crippen LogP contribution in [0.15, 0.2) is 6.33 Å². The number of rotatable bonds is 1. The molecule has 106 valence electrons. The second-order valence-electron chi connectivity index (χ2n) is 5.70. The number of aryl methyl sites for hydroxylation is 1. The molecular formula is C12H21N5O2. The van der Waals surface area contributed by atoms with Crippen LogP contribution in [0, 0.1) is 0 Å². The van der Waals surface area contributed by atoms with Crippen LogP contribution in [0.4, 0.5) is 10.7 Å². The molecule has 1 fully saturated rings. The molecule has 7 nitrogen and oxygen atoms in total. The molecule has 2 heterocycles. The second kappa shape index (κ2) is 5.07. The number of hydrogen-bond acceptors (Lipinski definition) is 5. The van der Waals surface area contributed by atoms with Gasteiger partial charge in [0, 0.05) is 33.2 Å². The second-order valence-corrected chi connectivity index (χ2v) is 5.70. The lowest BCUT2D eigenvalue weighted by atomic mass is 10.2. The quantitative estimate of drug-likeness (QED) is 0.755. The molecule has 1 amide bonds. The number of nitrogens with zero attached hydrogens (tertiary/aromatic N) is 5. The SMILES string of the molecule is Cn1cnnc1N1CCN(C(=O)OC(C)(C)C)CC1. The molecule has 2 rings (SSSR count). The van der Waals surface area contributed by atoms with Crippen LogP contribution < -0.4 is 4.90 Å². The van der Waals surface area contributed by atoms with E-state index < -0.39 is 5.60 Å². The number of aromatic nitrogens is 3. The van der Waals surface area contributed by atoms with Crippen molar-refractivity contribution in [3.63, 3.8) is 0 Å². The lowest BCUT2D eigenvalue weighted by Gasteiger charge is -2.35. The molecule has 1 aromatic rings. The van der Waals surface area contributed by atoms with Gasteiger partial charge in [0.15, 0.2) is 0 Å². The van der Waals surface area contributed by atoms with Gasteiger partial charge < -0.3 is 19.1 Å². The fourth-order valence-corrected chi connectivity index (χ4v) is 1.98. The first-order valence-corrected chi connectivity index (χ1v) is 6.44. The molecule has 0 saturated carbocycles. The molecule has 0 bridgehead atoms. The maximum absolute atomic E-state index is 11.9. The molecule has 0 unspecified atom stereocenters. The maximum Gasteiger partial charge on any atom is 0.410 e. The molecule has 7 heteroatoms. The van der Waals surface area contributed by atoms with E-state index in [0.29, 0.717) is 13.1 Å². The van der Waals surface area contributed by atoms with Crippen LogP contribution in [0.2, 0.25) is 0 Å². The third-order valence-corrected chi connectivity index (χ3v) is 2.90. The van der Waals surface area contributed by atoms with E-state index >= 15 is 0 Å². The molecule has 0 atom stereocenters. The fraction of sp³-hybridized carbons (Fsp3) is 0.750. The van der Waals surface area contributed by atoms with Crippen molar-refractivity contribution in [3.05, 3.63) is 6.33 Å². The number of carbonyl (C=O) groups is 1. The maximum atomic E-state index is 11.9. The largest absolute Gasteiger partial charge is 0.444 e. The molecule has 1 saturated heterocycles. The first-order chi connectivity index (χ1) is 8.87. The Hall–Kier alpha value is -1.79. The third kappa shape index (κ3) is 3.36. The van der Waals surface area contributed by atoms with E-state index in [0.717, 1.165) is 19.0 Å². The molecule has 1 aromatic heterocycles. The Balaban J connectivity index is 1.89. The molecular weight excluding hydrogens is 246 g/mol. The Morgan fingerprint density at radius 3 is 2.37 bits per heavy atom. The van der Waals surface area contributed by atoms with Gasteiger partial charge in [-0.15, -0.1) is 10.2 Å². The summed E-state index contributed by atoms with van der Waals surface area (Å²) in [6.45, 7) is 8.39. The van der Waals surface area contributed by atoms with Crippen LogP contribution in [0.5, 0.6) is 0 Å². The normalized spacial score (nSPS) is 16.6. The van der Waals surface area contributed by atoms with Gasteiger partial charge in [0.25, 0.3) is 0 Å². The first kappa shape index (κ1) is 13.6. The lowest BCUT2D eigenvalue weighted by Crippen LogP contribution is -2.50. The van der Waals surface area contributed by atoms with Gasteiger partial charge >= 0.3 is 6.09 Å². The average molecular weight is 267 g/mol. The summed E-state index contributed by atoms with van der Waals surface area (Å²) in [5.41, 5.74) is -0.447. The molecule has 0 radical (unpaired) electrons. The van der Waals surface area contributed by atoms with Crippen LogP contribution in [0.1, 0.15) is 20.8 Å². The van der Waals surface area contributed by atoms with Crippen LogP contribution in [0.25, 0.3) is 0 Å². The summed E-state index contributed by atoms with van der Waals surface area (Å²) in [6, 6.07) is 0. The zero-order chi connectivity index (χ0) is 14.0. The van der Waals surface area contributed by atoms with E-state index in [1.807, 2.05) is 32.4 Å². The molecule has 1 aliphatic heterocycles. The van der Waals surface area contributed by atoms with Crippen molar-refractivity contribution in [1.29, 1.82) is 0 Å². The number of anilines is 1. The predicted octanol–water partition coefficient (Wildman–Crippen LogP) is 0.872. The summed E-state index contributed by atoms with van der Waals surface area (Å²) in [4.78, 5) is 15.8. The summed E-state index contributed by atoms with van der Waals surface area (Å²) in [5, 5.41) is 7.94. The van der Waals surface area contributed by atoms with E-state index in [1.165, 1.54) is 0 Å². The highest BCUT2D eigenvalue weighted by molar-refractivity contribution is 5.68. The first-order valence-electron chi connectivity index (χ1n) is 6.44. The van der Waals surface area contributed by atoms with Crippen LogP contribution >= 0.6 is 0 Å². The smallest absolute Gasteiger partial charge is 0.410 e. The highest BCUT2D eigenvalue weighted by atomic mass is 16.6. The Morgan fingerprint density at radius 2 is 1.89 bits per heavy atom. The number of hydrogen-bond donors (Lipinski definition) is 0. The molecule has 0 aliphatic carbocycles. The summed E-state index contributed by atoms with van der Waals surface area (Å²) in [7, 11) is 1.91. The van der Waals surface area contributed by atoms with E-state index in [-0.39, 0.29) is 6.09 Å². The van der Waals surface area contributed by atoms with Crippen molar-refractivity contribution in [3.8, 4) is 0 Å². The third-order valence-electron chi connectivity index (χ3n) is 2.90. The van der Waals surface area contributed by atoms with Crippen LogP contribution in [0.3, 0.4) is 0 Å². The van der Waals surface area contributed by atoms with Gasteiger partial charge in [-0.3, -0.25) is 0 Å².